The highest BCUT2D eigenvalue weighted by atomic mass is 16.5. The van der Waals surface area contributed by atoms with Gasteiger partial charge in [-0.25, -0.2) is 4.79 Å². The number of pyridine rings is 1. The van der Waals surface area contributed by atoms with E-state index in [0.717, 1.165) is 0 Å². The molecule has 0 aliphatic carbocycles. The van der Waals surface area contributed by atoms with Crippen molar-refractivity contribution in [3.63, 3.8) is 0 Å². The minimum atomic E-state index is -0.692. The average Bonchev–Trinajstić information content (AvgIpc) is 2.46. The van der Waals surface area contributed by atoms with Crippen molar-refractivity contribution < 1.29 is 14.6 Å². The Morgan fingerprint density at radius 2 is 2.35 bits per heavy atom. The third kappa shape index (κ3) is 2.21. The molecule has 1 atom stereocenters. The highest BCUT2D eigenvalue weighted by molar-refractivity contribution is 5.92. The molecule has 2 N–H and O–H groups in total. The van der Waals surface area contributed by atoms with Crippen molar-refractivity contribution in [2.24, 2.45) is 0 Å². The van der Waals surface area contributed by atoms with E-state index in [-0.39, 0.29) is 17.0 Å². The van der Waals surface area contributed by atoms with Gasteiger partial charge in [0.1, 0.15) is 11.6 Å². The number of ether oxygens (including phenoxy) is 1. The quantitative estimate of drug-likeness (QED) is 0.792. The summed E-state index contributed by atoms with van der Waals surface area (Å²) in [5.74, 6) is -1.50. The highest BCUT2D eigenvalue weighted by Gasteiger charge is 2.35. The minimum absolute atomic E-state index is 0.0593. The van der Waals surface area contributed by atoms with Crippen LogP contribution in [0.25, 0.3) is 0 Å². The fraction of sp³-hybridized carbons (Fsp3) is 0.214. The third-order valence-corrected chi connectivity index (χ3v) is 3.09. The molecular formula is C14H13N3O3. The Morgan fingerprint density at radius 3 is 2.90 bits per heavy atom. The van der Waals surface area contributed by atoms with E-state index >= 15 is 0 Å². The van der Waals surface area contributed by atoms with Gasteiger partial charge in [-0.15, -0.1) is 0 Å². The molecule has 0 saturated heterocycles. The second kappa shape index (κ2) is 5.45. The van der Waals surface area contributed by atoms with Gasteiger partial charge in [0.25, 0.3) is 0 Å². The number of rotatable bonds is 2. The van der Waals surface area contributed by atoms with Crippen molar-refractivity contribution in [3.05, 3.63) is 52.8 Å². The van der Waals surface area contributed by atoms with Gasteiger partial charge < -0.3 is 15.2 Å². The first kappa shape index (κ1) is 13.6. The molecule has 1 aromatic rings. The molecule has 1 aliphatic rings. The molecule has 0 spiro atoms. The fourth-order valence-electron chi connectivity index (χ4n) is 2.19. The summed E-state index contributed by atoms with van der Waals surface area (Å²) in [7, 11) is 1.27. The second-order valence-corrected chi connectivity index (χ2v) is 4.25. The number of nitrogens with zero attached hydrogens (tertiary/aromatic N) is 2. The van der Waals surface area contributed by atoms with Crippen molar-refractivity contribution >= 4 is 5.97 Å². The van der Waals surface area contributed by atoms with E-state index in [1.807, 2.05) is 6.07 Å². The molecule has 1 aromatic heterocycles. The van der Waals surface area contributed by atoms with Crippen molar-refractivity contribution in [2.45, 2.75) is 12.8 Å². The van der Waals surface area contributed by atoms with E-state index in [0.29, 0.717) is 11.3 Å². The molecule has 0 saturated carbocycles. The Labute approximate surface area is 116 Å². The molecule has 2 heterocycles. The van der Waals surface area contributed by atoms with Crippen LogP contribution in [0.15, 0.2) is 47.3 Å². The van der Waals surface area contributed by atoms with Gasteiger partial charge >= 0.3 is 5.97 Å². The summed E-state index contributed by atoms with van der Waals surface area (Å²) in [6.45, 7) is 1.64. The van der Waals surface area contributed by atoms with Gasteiger partial charge in [-0.2, -0.15) is 5.26 Å². The average molecular weight is 271 g/mol. The van der Waals surface area contributed by atoms with Crippen LogP contribution in [-0.2, 0) is 9.53 Å². The SMILES string of the molecule is COC(=O)C1=C(C)NC(O)=C(C#N)[C@@H]1c1cccnc1. The Bertz CT molecular complexity index is 641. The lowest BCUT2D eigenvalue weighted by molar-refractivity contribution is -0.136. The van der Waals surface area contributed by atoms with Gasteiger partial charge in [-0.3, -0.25) is 4.98 Å². The Morgan fingerprint density at radius 1 is 1.60 bits per heavy atom. The standard InChI is InChI=1S/C14H13N3O3/c1-8-11(14(19)20-2)12(9-4-3-5-16-7-9)10(6-15)13(18)17-8/h3-5,7,12,17-18H,1-2H3/t12-/m0/s1. The van der Waals surface area contributed by atoms with Crippen molar-refractivity contribution in [1.29, 1.82) is 5.26 Å². The van der Waals surface area contributed by atoms with Gasteiger partial charge in [0, 0.05) is 18.1 Å². The first-order valence-electron chi connectivity index (χ1n) is 5.89. The zero-order valence-electron chi connectivity index (χ0n) is 11.0. The summed E-state index contributed by atoms with van der Waals surface area (Å²) in [5.41, 5.74) is 1.43. The number of carbonyl (C=O) groups excluding carboxylic acids is 1. The number of aliphatic hydroxyl groups excluding tert-OH is 1. The molecule has 0 amide bonds. The maximum atomic E-state index is 12.0. The maximum Gasteiger partial charge on any atom is 0.336 e. The molecule has 1 aliphatic heterocycles. The van der Waals surface area contributed by atoms with Crippen LogP contribution < -0.4 is 5.32 Å². The molecule has 20 heavy (non-hydrogen) atoms. The number of esters is 1. The number of aromatic nitrogens is 1. The fourth-order valence-corrected chi connectivity index (χ4v) is 2.19. The molecule has 0 radical (unpaired) electrons. The minimum Gasteiger partial charge on any atom is -0.494 e. The van der Waals surface area contributed by atoms with Crippen LogP contribution in [0.4, 0.5) is 0 Å². The number of allylic oxidation sites excluding steroid dienone is 2. The van der Waals surface area contributed by atoms with Crippen LogP contribution in [0.1, 0.15) is 18.4 Å². The van der Waals surface area contributed by atoms with E-state index in [1.54, 1.807) is 31.5 Å². The van der Waals surface area contributed by atoms with Gasteiger partial charge in [0.15, 0.2) is 0 Å². The largest absolute Gasteiger partial charge is 0.494 e. The predicted octanol–water partition coefficient (Wildman–Crippen LogP) is 1.51. The summed E-state index contributed by atoms with van der Waals surface area (Å²) in [6, 6.07) is 5.37. The lowest BCUT2D eigenvalue weighted by Crippen LogP contribution is -2.29. The highest BCUT2D eigenvalue weighted by Crippen LogP contribution is 2.37. The number of methoxy groups -OCH3 is 1. The van der Waals surface area contributed by atoms with E-state index in [4.69, 9.17) is 4.74 Å². The number of hydrogen-bond donors (Lipinski definition) is 2. The molecule has 0 unspecified atom stereocenters. The Balaban J connectivity index is 2.63. The molecule has 102 valence electrons. The van der Waals surface area contributed by atoms with Crippen molar-refractivity contribution in [1.82, 2.24) is 10.3 Å². The Hall–Kier alpha value is -2.81. The predicted molar refractivity (Wildman–Crippen MR) is 70.1 cm³/mol. The van der Waals surface area contributed by atoms with Crippen LogP contribution in [0.3, 0.4) is 0 Å². The third-order valence-electron chi connectivity index (χ3n) is 3.09. The molecule has 2 rings (SSSR count). The molecule has 6 nitrogen and oxygen atoms in total. The maximum absolute atomic E-state index is 12.0. The first-order valence-corrected chi connectivity index (χ1v) is 5.89. The van der Waals surface area contributed by atoms with Crippen LogP contribution in [-0.4, -0.2) is 23.2 Å². The number of hydrogen-bond acceptors (Lipinski definition) is 6. The molecule has 6 heteroatoms. The normalized spacial score (nSPS) is 18.4. The van der Waals surface area contributed by atoms with Gasteiger partial charge in [-0.1, -0.05) is 6.07 Å². The van der Waals surface area contributed by atoms with Gasteiger partial charge in [-0.05, 0) is 18.6 Å². The van der Waals surface area contributed by atoms with Gasteiger partial charge in [0.2, 0.25) is 5.88 Å². The van der Waals surface area contributed by atoms with Crippen LogP contribution in [0, 0.1) is 11.3 Å². The molecular weight excluding hydrogens is 258 g/mol. The zero-order valence-corrected chi connectivity index (χ0v) is 11.0. The number of aliphatic hydroxyl groups is 1. The second-order valence-electron chi connectivity index (χ2n) is 4.25. The van der Waals surface area contributed by atoms with E-state index in [9.17, 15) is 15.2 Å². The van der Waals surface area contributed by atoms with E-state index in [2.05, 4.69) is 10.3 Å². The lowest BCUT2D eigenvalue weighted by Gasteiger charge is -2.26. The number of nitriles is 1. The first-order chi connectivity index (χ1) is 9.60. The van der Waals surface area contributed by atoms with Crippen LogP contribution in [0.5, 0.6) is 0 Å². The summed E-state index contributed by atoms with van der Waals surface area (Å²) in [5, 5.41) is 21.7. The Kier molecular flexibility index (Phi) is 3.71. The number of carbonyl (C=O) groups is 1. The molecule has 0 bridgehead atoms. The summed E-state index contributed by atoms with van der Waals surface area (Å²) < 4.78 is 4.77. The molecule has 0 aromatic carbocycles. The van der Waals surface area contributed by atoms with Gasteiger partial charge in [0.05, 0.1) is 18.6 Å². The molecule has 0 fully saturated rings. The summed E-state index contributed by atoms with van der Waals surface area (Å²) in [4.78, 5) is 16.0. The summed E-state index contributed by atoms with van der Waals surface area (Å²) >= 11 is 0. The number of dihydropyridines is 1. The topological polar surface area (TPSA) is 95.2 Å². The zero-order chi connectivity index (χ0) is 14.7. The van der Waals surface area contributed by atoms with Crippen molar-refractivity contribution in [3.8, 4) is 6.07 Å². The van der Waals surface area contributed by atoms with Crippen LogP contribution >= 0.6 is 0 Å². The smallest absolute Gasteiger partial charge is 0.336 e. The number of nitrogens with one attached hydrogen (secondary N) is 1. The van der Waals surface area contributed by atoms with E-state index < -0.39 is 11.9 Å². The summed E-state index contributed by atoms with van der Waals surface area (Å²) in [6.07, 6.45) is 3.14. The van der Waals surface area contributed by atoms with E-state index in [1.165, 1.54) is 7.11 Å². The monoisotopic (exact) mass is 271 g/mol. The van der Waals surface area contributed by atoms with Crippen LogP contribution in [0.2, 0.25) is 0 Å². The van der Waals surface area contributed by atoms with Crippen molar-refractivity contribution in [2.75, 3.05) is 7.11 Å². The lowest BCUT2D eigenvalue weighted by atomic mass is 9.83.